The van der Waals surface area contributed by atoms with E-state index in [1.54, 1.807) is 0 Å². The van der Waals surface area contributed by atoms with Crippen molar-refractivity contribution >= 4 is 11.8 Å². The minimum Gasteiger partial charge on any atom is -0.385 e. The fourth-order valence-corrected chi connectivity index (χ4v) is 1.86. The molecular weight excluding hydrogens is 218 g/mol. The molecule has 2 rings (SSSR count). The van der Waals surface area contributed by atoms with Gasteiger partial charge in [-0.25, -0.2) is 0 Å². The van der Waals surface area contributed by atoms with Crippen LogP contribution in [0.2, 0.25) is 0 Å². The summed E-state index contributed by atoms with van der Waals surface area (Å²) in [6.45, 7) is 3.07. The van der Waals surface area contributed by atoms with Crippen LogP contribution >= 0.6 is 0 Å². The molecule has 0 radical (unpaired) electrons. The van der Waals surface area contributed by atoms with E-state index in [0.29, 0.717) is 0 Å². The van der Waals surface area contributed by atoms with Crippen LogP contribution in [0.4, 0.5) is 5.69 Å². The van der Waals surface area contributed by atoms with Gasteiger partial charge in [0, 0.05) is 12.2 Å². The third kappa shape index (κ3) is 3.77. The SMILES string of the molecule is CCNc1ccc(C/C=C/c2ccccc2)cc1. The van der Waals surface area contributed by atoms with Crippen LogP contribution in [-0.2, 0) is 6.42 Å². The summed E-state index contributed by atoms with van der Waals surface area (Å²) in [5.74, 6) is 0. The molecule has 0 aliphatic carbocycles. The van der Waals surface area contributed by atoms with Gasteiger partial charge >= 0.3 is 0 Å². The van der Waals surface area contributed by atoms with Crippen molar-refractivity contribution in [2.24, 2.45) is 0 Å². The van der Waals surface area contributed by atoms with Gasteiger partial charge in [-0.3, -0.25) is 0 Å². The summed E-state index contributed by atoms with van der Waals surface area (Å²) in [6.07, 6.45) is 5.34. The maximum absolute atomic E-state index is 3.30. The van der Waals surface area contributed by atoms with Crippen molar-refractivity contribution in [1.82, 2.24) is 0 Å². The average molecular weight is 237 g/mol. The van der Waals surface area contributed by atoms with Gasteiger partial charge in [0.25, 0.3) is 0 Å². The van der Waals surface area contributed by atoms with Crippen LogP contribution in [0.25, 0.3) is 6.08 Å². The fourth-order valence-electron chi connectivity index (χ4n) is 1.86. The highest BCUT2D eigenvalue weighted by Gasteiger charge is 1.91. The van der Waals surface area contributed by atoms with Gasteiger partial charge in [0.1, 0.15) is 0 Å². The number of allylic oxidation sites excluding steroid dienone is 1. The lowest BCUT2D eigenvalue weighted by atomic mass is 10.1. The molecule has 1 nitrogen and oxygen atoms in total. The zero-order valence-corrected chi connectivity index (χ0v) is 10.8. The summed E-state index contributed by atoms with van der Waals surface area (Å²) in [5, 5.41) is 3.30. The first-order valence-corrected chi connectivity index (χ1v) is 6.43. The molecule has 0 saturated carbocycles. The van der Waals surface area contributed by atoms with Crippen molar-refractivity contribution in [3.05, 3.63) is 71.8 Å². The largest absolute Gasteiger partial charge is 0.385 e. The Morgan fingerprint density at radius 2 is 1.67 bits per heavy atom. The molecule has 2 aromatic carbocycles. The third-order valence-corrected chi connectivity index (χ3v) is 2.80. The number of hydrogen-bond donors (Lipinski definition) is 1. The number of hydrogen-bond acceptors (Lipinski definition) is 1. The molecule has 0 heterocycles. The summed E-state index contributed by atoms with van der Waals surface area (Å²) in [7, 11) is 0. The van der Waals surface area contributed by atoms with Gasteiger partial charge in [-0.2, -0.15) is 0 Å². The van der Waals surface area contributed by atoms with E-state index in [2.05, 4.69) is 72.9 Å². The van der Waals surface area contributed by atoms with Gasteiger partial charge in [-0.15, -0.1) is 0 Å². The van der Waals surface area contributed by atoms with Crippen molar-refractivity contribution in [3.63, 3.8) is 0 Å². The van der Waals surface area contributed by atoms with E-state index in [4.69, 9.17) is 0 Å². The molecule has 0 aromatic heterocycles. The van der Waals surface area contributed by atoms with Gasteiger partial charge in [-0.05, 0) is 36.6 Å². The normalized spacial score (nSPS) is 10.7. The molecule has 0 spiro atoms. The molecule has 18 heavy (non-hydrogen) atoms. The van der Waals surface area contributed by atoms with E-state index in [-0.39, 0.29) is 0 Å². The van der Waals surface area contributed by atoms with E-state index in [1.165, 1.54) is 16.8 Å². The third-order valence-electron chi connectivity index (χ3n) is 2.80. The van der Waals surface area contributed by atoms with Crippen LogP contribution < -0.4 is 5.32 Å². The lowest BCUT2D eigenvalue weighted by Gasteiger charge is -2.03. The van der Waals surface area contributed by atoms with Gasteiger partial charge in [0.15, 0.2) is 0 Å². The van der Waals surface area contributed by atoms with Crippen LogP contribution in [0.5, 0.6) is 0 Å². The van der Waals surface area contributed by atoms with Gasteiger partial charge in [-0.1, -0.05) is 54.6 Å². The van der Waals surface area contributed by atoms with Crippen molar-refractivity contribution in [2.75, 3.05) is 11.9 Å². The van der Waals surface area contributed by atoms with Crippen molar-refractivity contribution < 1.29 is 0 Å². The van der Waals surface area contributed by atoms with Crippen molar-refractivity contribution in [2.45, 2.75) is 13.3 Å². The molecule has 0 saturated heterocycles. The second-order valence-electron chi connectivity index (χ2n) is 4.24. The molecule has 1 N–H and O–H groups in total. The molecule has 0 bridgehead atoms. The highest BCUT2D eigenvalue weighted by molar-refractivity contribution is 5.50. The Balaban J connectivity index is 1.92. The molecule has 0 aliphatic rings. The quantitative estimate of drug-likeness (QED) is 0.814. The van der Waals surface area contributed by atoms with E-state index >= 15 is 0 Å². The van der Waals surface area contributed by atoms with Crippen LogP contribution in [0.1, 0.15) is 18.1 Å². The Morgan fingerprint density at radius 3 is 2.33 bits per heavy atom. The minimum atomic E-state index is 0.966. The van der Waals surface area contributed by atoms with Gasteiger partial charge in [0.2, 0.25) is 0 Å². The summed E-state index contributed by atoms with van der Waals surface area (Å²) in [5.41, 5.74) is 3.78. The molecular formula is C17H19N. The lowest BCUT2D eigenvalue weighted by Crippen LogP contribution is -1.95. The van der Waals surface area contributed by atoms with Crippen LogP contribution in [-0.4, -0.2) is 6.54 Å². The van der Waals surface area contributed by atoms with Crippen LogP contribution in [0.15, 0.2) is 60.7 Å². The van der Waals surface area contributed by atoms with Crippen LogP contribution in [0, 0.1) is 0 Å². The maximum atomic E-state index is 3.30. The van der Waals surface area contributed by atoms with E-state index in [0.717, 1.165) is 13.0 Å². The number of anilines is 1. The Kier molecular flexibility index (Phi) is 4.60. The molecule has 1 heteroatoms. The predicted molar refractivity (Wildman–Crippen MR) is 79.8 cm³/mol. The molecule has 92 valence electrons. The number of nitrogens with one attached hydrogen (secondary N) is 1. The Labute approximate surface area is 109 Å². The molecule has 0 amide bonds. The molecule has 0 atom stereocenters. The first-order valence-electron chi connectivity index (χ1n) is 6.43. The molecule has 2 aromatic rings. The highest BCUT2D eigenvalue weighted by Crippen LogP contribution is 2.10. The fraction of sp³-hybridized carbons (Fsp3) is 0.176. The first kappa shape index (κ1) is 12.4. The smallest absolute Gasteiger partial charge is 0.0340 e. The second kappa shape index (κ2) is 6.65. The maximum Gasteiger partial charge on any atom is 0.0340 e. The van der Waals surface area contributed by atoms with Gasteiger partial charge < -0.3 is 5.32 Å². The lowest BCUT2D eigenvalue weighted by molar-refractivity contribution is 1.20. The molecule has 0 fully saturated rings. The standard InChI is InChI=1S/C17H19N/c1-2-18-17-13-11-16(12-14-17)10-6-9-15-7-4-3-5-8-15/h3-9,11-14,18H,2,10H2,1H3/b9-6+. The topological polar surface area (TPSA) is 12.0 Å². The summed E-state index contributed by atoms with van der Waals surface area (Å²) in [6, 6.07) is 19.0. The first-order chi connectivity index (χ1) is 8.88. The Morgan fingerprint density at radius 1 is 0.944 bits per heavy atom. The average Bonchev–Trinajstić information content (AvgIpc) is 2.42. The monoisotopic (exact) mass is 237 g/mol. The number of benzene rings is 2. The van der Waals surface area contributed by atoms with Crippen molar-refractivity contribution in [3.8, 4) is 0 Å². The minimum absolute atomic E-state index is 0.966. The summed E-state index contributed by atoms with van der Waals surface area (Å²) >= 11 is 0. The van der Waals surface area contributed by atoms with Crippen molar-refractivity contribution in [1.29, 1.82) is 0 Å². The second-order valence-corrected chi connectivity index (χ2v) is 4.24. The molecule has 0 unspecified atom stereocenters. The summed E-state index contributed by atoms with van der Waals surface area (Å²) in [4.78, 5) is 0. The van der Waals surface area contributed by atoms with E-state index in [1.807, 2.05) is 6.07 Å². The Bertz CT molecular complexity index is 483. The predicted octanol–water partition coefficient (Wildman–Crippen LogP) is 4.37. The highest BCUT2D eigenvalue weighted by atomic mass is 14.8. The zero-order valence-electron chi connectivity index (χ0n) is 10.8. The van der Waals surface area contributed by atoms with E-state index < -0.39 is 0 Å². The number of rotatable bonds is 5. The summed E-state index contributed by atoms with van der Waals surface area (Å²) < 4.78 is 0. The van der Waals surface area contributed by atoms with Gasteiger partial charge in [0.05, 0.1) is 0 Å². The van der Waals surface area contributed by atoms with Crippen LogP contribution in [0.3, 0.4) is 0 Å². The molecule has 0 aliphatic heterocycles. The zero-order chi connectivity index (χ0) is 12.6. The Hall–Kier alpha value is -2.02. The van der Waals surface area contributed by atoms with E-state index in [9.17, 15) is 0 Å².